The maximum absolute atomic E-state index is 12.3. The number of allylic oxidation sites excluding steroid dienone is 2. The van der Waals surface area contributed by atoms with Crippen molar-refractivity contribution in [2.75, 3.05) is 0 Å². The van der Waals surface area contributed by atoms with E-state index in [1.807, 2.05) is 18.5 Å². The molecule has 3 nitrogen and oxygen atoms in total. The van der Waals surface area contributed by atoms with E-state index < -0.39 is 0 Å². The number of halogens is 1. The van der Waals surface area contributed by atoms with Gasteiger partial charge in [-0.1, -0.05) is 30.2 Å². The average Bonchev–Trinajstić information content (AvgIpc) is 2.76. The predicted octanol–water partition coefficient (Wildman–Crippen LogP) is 4.12. The molecule has 0 N–H and O–H groups in total. The third-order valence-electron chi connectivity index (χ3n) is 3.87. The lowest BCUT2D eigenvalue weighted by Gasteiger charge is -2.12. The average molecular weight is 295 g/mol. The second-order valence-electron chi connectivity index (χ2n) is 5.38. The molecule has 1 aliphatic carbocycles. The van der Waals surface area contributed by atoms with Gasteiger partial charge in [0.05, 0.1) is 22.8 Å². The van der Waals surface area contributed by atoms with E-state index >= 15 is 0 Å². The lowest BCUT2D eigenvalue weighted by Crippen LogP contribution is -2.11. The third-order valence-corrected chi connectivity index (χ3v) is 4.30. The maximum Gasteiger partial charge on any atom is 0.142 e. The molecule has 1 aliphatic rings. The first kappa shape index (κ1) is 15.3. The zero-order chi connectivity index (χ0) is 14.5. The second kappa shape index (κ2) is 7.07. The van der Waals surface area contributed by atoms with Crippen molar-refractivity contribution in [3.05, 3.63) is 28.1 Å². The molecule has 0 saturated carbocycles. The van der Waals surface area contributed by atoms with Gasteiger partial charge in [-0.15, -0.1) is 0 Å². The summed E-state index contributed by atoms with van der Waals surface area (Å²) in [6, 6.07) is 0. The summed E-state index contributed by atoms with van der Waals surface area (Å²) in [6.45, 7) is 4.82. The van der Waals surface area contributed by atoms with E-state index in [0.29, 0.717) is 17.9 Å². The van der Waals surface area contributed by atoms with Crippen LogP contribution in [0.2, 0.25) is 5.02 Å². The third kappa shape index (κ3) is 3.51. The largest absolute Gasteiger partial charge is 0.299 e. The molecule has 1 aromatic heterocycles. The van der Waals surface area contributed by atoms with Gasteiger partial charge < -0.3 is 0 Å². The first-order valence-electron chi connectivity index (χ1n) is 7.59. The fourth-order valence-electron chi connectivity index (χ4n) is 2.75. The van der Waals surface area contributed by atoms with Crippen LogP contribution in [0.4, 0.5) is 0 Å². The van der Waals surface area contributed by atoms with Crippen LogP contribution in [-0.4, -0.2) is 15.6 Å². The van der Waals surface area contributed by atoms with Crippen molar-refractivity contribution in [3.63, 3.8) is 0 Å². The molecule has 0 amide bonds. The van der Waals surface area contributed by atoms with Crippen LogP contribution in [-0.2, 0) is 24.2 Å². The van der Waals surface area contributed by atoms with Crippen LogP contribution in [0.3, 0.4) is 0 Å². The van der Waals surface area contributed by atoms with Gasteiger partial charge in [-0.25, -0.2) is 0 Å². The van der Waals surface area contributed by atoms with E-state index in [1.165, 1.54) is 18.4 Å². The Morgan fingerprint density at radius 1 is 1.35 bits per heavy atom. The zero-order valence-corrected chi connectivity index (χ0v) is 13.2. The number of hydrogen-bond donors (Lipinski definition) is 0. The molecule has 4 heteroatoms. The van der Waals surface area contributed by atoms with Gasteiger partial charge in [0.1, 0.15) is 5.78 Å². The molecule has 0 atom stereocenters. The number of aryl methyl sites for hydroxylation is 2. The Balaban J connectivity index is 2.07. The summed E-state index contributed by atoms with van der Waals surface area (Å²) in [5.74, 6) is 0.248. The molecule has 1 heterocycles. The van der Waals surface area contributed by atoms with Gasteiger partial charge in [0.25, 0.3) is 0 Å². The van der Waals surface area contributed by atoms with Crippen molar-refractivity contribution in [1.82, 2.24) is 9.78 Å². The first-order valence-corrected chi connectivity index (χ1v) is 7.97. The minimum absolute atomic E-state index is 0.248. The summed E-state index contributed by atoms with van der Waals surface area (Å²) in [6.07, 6.45) is 8.68. The number of carbonyl (C=O) groups is 1. The minimum atomic E-state index is 0.248. The minimum Gasteiger partial charge on any atom is -0.299 e. The summed E-state index contributed by atoms with van der Waals surface area (Å²) < 4.78 is 1.87. The monoisotopic (exact) mass is 294 g/mol. The molecule has 0 saturated heterocycles. The van der Waals surface area contributed by atoms with Gasteiger partial charge >= 0.3 is 0 Å². The standard InChI is InChI=1S/C16H23ClN2O/c1-3-14-16(17)15(19(4-2)18-14)11-13(20)10-12-8-6-5-7-9-12/h8H,3-7,9-11H2,1-2H3. The van der Waals surface area contributed by atoms with Crippen LogP contribution >= 0.6 is 11.6 Å². The highest BCUT2D eigenvalue weighted by Gasteiger charge is 2.18. The predicted molar refractivity (Wildman–Crippen MR) is 82.2 cm³/mol. The molecule has 0 aliphatic heterocycles. The smallest absolute Gasteiger partial charge is 0.142 e. The number of Topliss-reactive ketones (excluding diaryl/α,β-unsaturated/α-hetero) is 1. The number of carbonyl (C=O) groups excluding carboxylic acids is 1. The SMILES string of the molecule is CCc1nn(CC)c(CC(=O)CC2=CCCCC2)c1Cl. The van der Waals surface area contributed by atoms with E-state index in [2.05, 4.69) is 11.2 Å². The number of aromatic nitrogens is 2. The number of hydrogen-bond acceptors (Lipinski definition) is 2. The van der Waals surface area contributed by atoms with Crippen LogP contribution in [0.15, 0.2) is 11.6 Å². The van der Waals surface area contributed by atoms with Crippen molar-refractivity contribution in [2.24, 2.45) is 0 Å². The highest BCUT2D eigenvalue weighted by Crippen LogP contribution is 2.25. The molecule has 0 aromatic carbocycles. The van der Waals surface area contributed by atoms with Gasteiger partial charge in [-0.2, -0.15) is 5.10 Å². The lowest BCUT2D eigenvalue weighted by atomic mass is 9.94. The van der Waals surface area contributed by atoms with Crippen molar-refractivity contribution in [2.45, 2.75) is 65.3 Å². The van der Waals surface area contributed by atoms with E-state index in [0.717, 1.165) is 37.2 Å². The normalized spacial score (nSPS) is 15.2. The summed E-state index contributed by atoms with van der Waals surface area (Å²) in [5, 5.41) is 5.15. The second-order valence-corrected chi connectivity index (χ2v) is 5.76. The van der Waals surface area contributed by atoms with Crippen molar-refractivity contribution >= 4 is 17.4 Å². The van der Waals surface area contributed by atoms with Crippen LogP contribution in [0.25, 0.3) is 0 Å². The Hall–Kier alpha value is -1.09. The Labute approximate surface area is 126 Å². The summed E-state index contributed by atoms with van der Waals surface area (Å²) in [7, 11) is 0. The molecular formula is C16H23ClN2O. The van der Waals surface area contributed by atoms with Crippen LogP contribution in [0.1, 0.15) is 57.3 Å². The molecular weight excluding hydrogens is 272 g/mol. The Morgan fingerprint density at radius 3 is 2.75 bits per heavy atom. The number of rotatable bonds is 6. The Bertz CT molecular complexity index is 517. The van der Waals surface area contributed by atoms with Gasteiger partial charge in [0, 0.05) is 13.0 Å². The van der Waals surface area contributed by atoms with Crippen molar-refractivity contribution < 1.29 is 4.79 Å². The molecule has 2 rings (SSSR count). The summed E-state index contributed by atoms with van der Waals surface area (Å²) in [4.78, 5) is 12.3. The van der Waals surface area contributed by atoms with Crippen LogP contribution in [0.5, 0.6) is 0 Å². The molecule has 1 aromatic rings. The van der Waals surface area contributed by atoms with Crippen molar-refractivity contribution in [1.29, 1.82) is 0 Å². The van der Waals surface area contributed by atoms with Gasteiger partial charge in [-0.3, -0.25) is 9.48 Å². The fourth-order valence-corrected chi connectivity index (χ4v) is 3.09. The first-order chi connectivity index (χ1) is 9.65. The van der Waals surface area contributed by atoms with Gasteiger partial charge in [-0.05, 0) is 39.0 Å². The molecule has 0 bridgehead atoms. The van der Waals surface area contributed by atoms with E-state index in [9.17, 15) is 4.79 Å². The lowest BCUT2D eigenvalue weighted by molar-refractivity contribution is -0.117. The topological polar surface area (TPSA) is 34.9 Å². The van der Waals surface area contributed by atoms with E-state index in [1.54, 1.807) is 0 Å². The molecule has 0 spiro atoms. The number of nitrogens with zero attached hydrogens (tertiary/aromatic N) is 2. The van der Waals surface area contributed by atoms with E-state index in [-0.39, 0.29) is 5.78 Å². The van der Waals surface area contributed by atoms with Crippen LogP contribution < -0.4 is 0 Å². The molecule has 0 radical (unpaired) electrons. The Kier molecular flexibility index (Phi) is 5.41. The fraction of sp³-hybridized carbons (Fsp3) is 0.625. The summed E-state index contributed by atoms with van der Waals surface area (Å²) in [5.41, 5.74) is 3.08. The number of ketones is 1. The Morgan fingerprint density at radius 2 is 2.15 bits per heavy atom. The molecule has 110 valence electrons. The zero-order valence-electron chi connectivity index (χ0n) is 12.4. The van der Waals surface area contributed by atoms with Crippen LogP contribution in [0, 0.1) is 0 Å². The van der Waals surface area contributed by atoms with Gasteiger partial charge in [0.2, 0.25) is 0 Å². The molecule has 20 heavy (non-hydrogen) atoms. The molecule has 0 unspecified atom stereocenters. The van der Waals surface area contributed by atoms with Crippen molar-refractivity contribution in [3.8, 4) is 0 Å². The van der Waals surface area contributed by atoms with Gasteiger partial charge in [0.15, 0.2) is 0 Å². The quantitative estimate of drug-likeness (QED) is 0.740. The highest BCUT2D eigenvalue weighted by atomic mass is 35.5. The van der Waals surface area contributed by atoms with E-state index in [4.69, 9.17) is 11.6 Å². The summed E-state index contributed by atoms with van der Waals surface area (Å²) >= 11 is 6.35. The molecule has 0 fully saturated rings. The highest BCUT2D eigenvalue weighted by molar-refractivity contribution is 6.32. The maximum atomic E-state index is 12.3.